The summed E-state index contributed by atoms with van der Waals surface area (Å²) in [5, 5.41) is 0. The topological polar surface area (TPSA) is 29.5 Å². The average Bonchev–Trinajstić information content (AvgIpc) is 2.96. The van der Waals surface area contributed by atoms with Crippen molar-refractivity contribution in [1.29, 1.82) is 0 Å². The fraction of sp³-hybridized carbons (Fsp3) is 0.775. The SMILES string of the molecule is CCCCC/C=C\C/C=C\CCCCCCCCC(C)(CCCCCCC/C=C/C=C/CCCCC)OC(=O)CN(C)C. The molecule has 0 aliphatic carbocycles. The van der Waals surface area contributed by atoms with E-state index < -0.39 is 0 Å². The molecule has 0 aromatic rings. The highest BCUT2D eigenvalue weighted by molar-refractivity contribution is 5.72. The molecule has 3 heteroatoms. The number of unbranched alkanes of at least 4 members (excludes halogenated alkanes) is 17. The standard InChI is InChI=1S/C40H73NO2/c1-6-8-10-12-14-16-18-20-22-23-25-27-29-31-33-35-37-40(3,43-39(42)38-41(4)5)36-34-32-30-28-26-24-21-19-17-15-13-11-9-7-2/h14-17,19-22H,6-13,18,23-38H2,1-5H3/b16-14-,17-15+,21-19+,22-20-. The number of allylic oxidation sites excluding steroid dienone is 8. The van der Waals surface area contributed by atoms with Crippen molar-refractivity contribution in [3.8, 4) is 0 Å². The van der Waals surface area contributed by atoms with Gasteiger partial charge in [-0.2, -0.15) is 0 Å². The molecule has 0 aromatic heterocycles. The van der Waals surface area contributed by atoms with E-state index in [0.29, 0.717) is 6.54 Å². The number of carbonyl (C=O) groups is 1. The first-order chi connectivity index (χ1) is 20.9. The van der Waals surface area contributed by atoms with Crippen molar-refractivity contribution in [1.82, 2.24) is 4.90 Å². The molecule has 0 rings (SSSR count). The van der Waals surface area contributed by atoms with Gasteiger partial charge in [0.25, 0.3) is 0 Å². The van der Waals surface area contributed by atoms with Gasteiger partial charge in [0.2, 0.25) is 0 Å². The van der Waals surface area contributed by atoms with E-state index in [9.17, 15) is 4.79 Å². The zero-order chi connectivity index (χ0) is 31.7. The first-order valence-electron chi connectivity index (χ1n) is 18.4. The van der Waals surface area contributed by atoms with E-state index in [2.05, 4.69) is 69.4 Å². The van der Waals surface area contributed by atoms with Crippen LogP contribution in [-0.2, 0) is 9.53 Å². The molecule has 0 aliphatic rings. The largest absolute Gasteiger partial charge is 0.458 e. The van der Waals surface area contributed by atoms with Crippen molar-refractivity contribution in [2.24, 2.45) is 0 Å². The van der Waals surface area contributed by atoms with Gasteiger partial charge < -0.3 is 4.74 Å². The second-order valence-electron chi connectivity index (χ2n) is 13.2. The molecule has 0 fully saturated rings. The molecule has 0 saturated carbocycles. The zero-order valence-corrected chi connectivity index (χ0v) is 29.6. The maximum absolute atomic E-state index is 12.5. The number of carbonyl (C=O) groups excluding carboxylic acids is 1. The molecular weight excluding hydrogens is 526 g/mol. The summed E-state index contributed by atoms with van der Waals surface area (Å²) in [5.74, 6) is -0.0845. The first kappa shape index (κ1) is 41.4. The van der Waals surface area contributed by atoms with Crippen molar-refractivity contribution >= 4 is 5.97 Å². The molecule has 0 heterocycles. The maximum Gasteiger partial charge on any atom is 0.320 e. The van der Waals surface area contributed by atoms with Crippen molar-refractivity contribution in [3.63, 3.8) is 0 Å². The minimum absolute atomic E-state index is 0.0845. The summed E-state index contributed by atoms with van der Waals surface area (Å²) in [6.07, 6.45) is 47.9. The van der Waals surface area contributed by atoms with Crippen molar-refractivity contribution in [3.05, 3.63) is 48.6 Å². The normalized spacial score (nSPS) is 13.8. The van der Waals surface area contributed by atoms with E-state index in [1.807, 2.05) is 19.0 Å². The highest BCUT2D eigenvalue weighted by atomic mass is 16.6. The van der Waals surface area contributed by atoms with Gasteiger partial charge >= 0.3 is 5.97 Å². The molecule has 0 saturated heterocycles. The van der Waals surface area contributed by atoms with Gasteiger partial charge in [0.15, 0.2) is 0 Å². The van der Waals surface area contributed by atoms with Crippen LogP contribution in [0.2, 0.25) is 0 Å². The number of hydrogen-bond acceptors (Lipinski definition) is 3. The summed E-state index contributed by atoms with van der Waals surface area (Å²) in [5.41, 5.74) is -0.325. The van der Waals surface area contributed by atoms with Crippen LogP contribution in [0.4, 0.5) is 0 Å². The van der Waals surface area contributed by atoms with Crippen LogP contribution >= 0.6 is 0 Å². The molecule has 0 aliphatic heterocycles. The predicted octanol–water partition coefficient (Wildman–Crippen LogP) is 12.5. The minimum atomic E-state index is -0.325. The van der Waals surface area contributed by atoms with Crippen LogP contribution in [0.3, 0.4) is 0 Å². The van der Waals surface area contributed by atoms with Crippen LogP contribution < -0.4 is 0 Å². The van der Waals surface area contributed by atoms with Gasteiger partial charge in [-0.15, -0.1) is 0 Å². The van der Waals surface area contributed by atoms with E-state index in [-0.39, 0.29) is 11.6 Å². The van der Waals surface area contributed by atoms with Gasteiger partial charge in [0.1, 0.15) is 5.60 Å². The number of likely N-dealkylation sites (N-methyl/N-ethyl adjacent to an activating group) is 1. The van der Waals surface area contributed by atoms with E-state index in [0.717, 1.165) is 32.1 Å². The number of nitrogens with zero attached hydrogens (tertiary/aromatic N) is 1. The molecule has 0 spiro atoms. The van der Waals surface area contributed by atoms with Gasteiger partial charge in [0.05, 0.1) is 6.54 Å². The number of hydrogen-bond donors (Lipinski definition) is 0. The summed E-state index contributed by atoms with van der Waals surface area (Å²) < 4.78 is 6.08. The van der Waals surface area contributed by atoms with Gasteiger partial charge in [0, 0.05) is 0 Å². The fourth-order valence-corrected chi connectivity index (χ4v) is 5.43. The van der Waals surface area contributed by atoms with E-state index >= 15 is 0 Å². The molecule has 1 unspecified atom stereocenters. The highest BCUT2D eigenvalue weighted by Crippen LogP contribution is 2.27. The molecule has 43 heavy (non-hydrogen) atoms. The number of esters is 1. The summed E-state index contributed by atoms with van der Waals surface area (Å²) in [6.45, 7) is 7.05. The smallest absolute Gasteiger partial charge is 0.320 e. The van der Waals surface area contributed by atoms with Crippen molar-refractivity contribution in [2.45, 2.75) is 180 Å². The Balaban J connectivity index is 4.08. The lowest BCUT2D eigenvalue weighted by Gasteiger charge is -2.30. The van der Waals surface area contributed by atoms with Crippen molar-refractivity contribution in [2.75, 3.05) is 20.6 Å². The van der Waals surface area contributed by atoms with Crippen LogP contribution in [0.15, 0.2) is 48.6 Å². The quantitative estimate of drug-likeness (QED) is 0.0343. The summed E-state index contributed by atoms with van der Waals surface area (Å²) in [7, 11) is 3.86. The molecule has 0 amide bonds. The van der Waals surface area contributed by atoms with Crippen molar-refractivity contribution < 1.29 is 9.53 Å². The van der Waals surface area contributed by atoms with Crippen LogP contribution in [0.5, 0.6) is 0 Å². The summed E-state index contributed by atoms with van der Waals surface area (Å²) in [6, 6.07) is 0. The second-order valence-corrected chi connectivity index (χ2v) is 13.2. The minimum Gasteiger partial charge on any atom is -0.458 e. The lowest BCUT2D eigenvalue weighted by molar-refractivity contribution is -0.160. The van der Waals surface area contributed by atoms with E-state index in [1.54, 1.807) is 0 Å². The third-order valence-corrected chi connectivity index (χ3v) is 8.15. The fourth-order valence-electron chi connectivity index (χ4n) is 5.43. The molecule has 1 atom stereocenters. The molecule has 0 aromatic carbocycles. The van der Waals surface area contributed by atoms with Crippen LogP contribution in [0.1, 0.15) is 175 Å². The molecule has 0 N–H and O–H groups in total. The third-order valence-electron chi connectivity index (χ3n) is 8.15. The Morgan fingerprint density at radius 2 is 0.953 bits per heavy atom. The maximum atomic E-state index is 12.5. The average molecular weight is 600 g/mol. The van der Waals surface area contributed by atoms with E-state index in [1.165, 1.54) is 122 Å². The second kappa shape index (κ2) is 31.8. The van der Waals surface area contributed by atoms with Crippen LogP contribution in [0.25, 0.3) is 0 Å². The molecule has 0 bridgehead atoms. The Hall–Kier alpha value is -1.61. The molecular formula is C40H73NO2. The van der Waals surface area contributed by atoms with Crippen LogP contribution in [0, 0.1) is 0 Å². The third kappa shape index (κ3) is 31.6. The zero-order valence-electron chi connectivity index (χ0n) is 29.6. The summed E-state index contributed by atoms with van der Waals surface area (Å²) >= 11 is 0. The Bertz CT molecular complexity index is 720. The van der Waals surface area contributed by atoms with Crippen LogP contribution in [-0.4, -0.2) is 37.1 Å². The Morgan fingerprint density at radius 1 is 0.558 bits per heavy atom. The number of rotatable bonds is 31. The lowest BCUT2D eigenvalue weighted by atomic mass is 9.91. The van der Waals surface area contributed by atoms with Gasteiger partial charge in [-0.25, -0.2) is 0 Å². The molecule has 250 valence electrons. The Labute approximate surface area is 269 Å². The molecule has 0 radical (unpaired) electrons. The highest BCUT2D eigenvalue weighted by Gasteiger charge is 2.28. The first-order valence-corrected chi connectivity index (χ1v) is 18.4. The Morgan fingerprint density at radius 3 is 1.40 bits per heavy atom. The van der Waals surface area contributed by atoms with E-state index in [4.69, 9.17) is 4.74 Å². The van der Waals surface area contributed by atoms with Gasteiger partial charge in [-0.05, 0) is 104 Å². The monoisotopic (exact) mass is 600 g/mol. The Kier molecular flexibility index (Phi) is 30.6. The molecule has 3 nitrogen and oxygen atoms in total. The van der Waals surface area contributed by atoms with Gasteiger partial charge in [-0.3, -0.25) is 9.69 Å². The van der Waals surface area contributed by atoms with Gasteiger partial charge in [-0.1, -0.05) is 133 Å². The number of ether oxygens (including phenoxy) is 1. The lowest BCUT2D eigenvalue weighted by Crippen LogP contribution is -2.35. The summed E-state index contributed by atoms with van der Waals surface area (Å²) in [4.78, 5) is 14.4. The predicted molar refractivity (Wildman–Crippen MR) is 192 cm³/mol.